The molecule has 1 amide bonds. The molecule has 0 spiro atoms. The molecule has 7 heteroatoms. The third-order valence-electron chi connectivity index (χ3n) is 5.85. The fraction of sp³-hybridized carbons (Fsp3) is 0.192. The molecule has 5 rings (SSSR count). The number of carbonyl (C=O) groups excluding carboxylic acids is 1. The van der Waals surface area contributed by atoms with Crippen LogP contribution in [-0.4, -0.2) is 53.8 Å². The molecule has 0 aliphatic carbocycles. The lowest BCUT2D eigenvalue weighted by Gasteiger charge is -2.35. The van der Waals surface area contributed by atoms with E-state index in [9.17, 15) is 4.79 Å². The third kappa shape index (κ3) is 4.76. The van der Waals surface area contributed by atoms with E-state index in [1.54, 1.807) is 24.3 Å². The molecule has 0 N–H and O–H groups in total. The van der Waals surface area contributed by atoms with E-state index in [0.717, 1.165) is 22.5 Å². The predicted molar refractivity (Wildman–Crippen MR) is 131 cm³/mol. The van der Waals surface area contributed by atoms with Crippen molar-refractivity contribution < 1.29 is 9.53 Å². The second-order valence-electron chi connectivity index (χ2n) is 7.91. The summed E-state index contributed by atoms with van der Waals surface area (Å²) in [5.74, 6) is 1.43. The molecule has 166 valence electrons. The molecule has 0 saturated carbocycles. The van der Waals surface area contributed by atoms with Crippen LogP contribution in [0.2, 0.25) is 5.02 Å². The summed E-state index contributed by atoms with van der Waals surface area (Å²) in [6, 6.07) is 25.5. The number of nitrogens with zero attached hydrogens (tertiary/aromatic N) is 4. The van der Waals surface area contributed by atoms with Crippen molar-refractivity contribution in [3.8, 4) is 17.0 Å². The minimum Gasteiger partial charge on any atom is -0.484 e. The van der Waals surface area contributed by atoms with Gasteiger partial charge in [-0.25, -0.2) is 0 Å². The van der Waals surface area contributed by atoms with Gasteiger partial charge in [0.1, 0.15) is 5.75 Å². The van der Waals surface area contributed by atoms with Crippen LogP contribution in [0.1, 0.15) is 0 Å². The van der Waals surface area contributed by atoms with Crippen LogP contribution in [0.4, 0.5) is 5.82 Å². The molecule has 3 aromatic carbocycles. The smallest absolute Gasteiger partial charge is 0.260 e. The Morgan fingerprint density at radius 3 is 2.36 bits per heavy atom. The average molecular weight is 459 g/mol. The van der Waals surface area contributed by atoms with Crippen LogP contribution in [-0.2, 0) is 4.79 Å². The number of amides is 1. The van der Waals surface area contributed by atoms with Gasteiger partial charge in [0.2, 0.25) is 0 Å². The van der Waals surface area contributed by atoms with E-state index < -0.39 is 0 Å². The molecule has 0 bridgehead atoms. The van der Waals surface area contributed by atoms with Crippen LogP contribution >= 0.6 is 11.6 Å². The molecule has 6 nitrogen and oxygen atoms in total. The van der Waals surface area contributed by atoms with Crippen LogP contribution in [0, 0.1) is 0 Å². The van der Waals surface area contributed by atoms with E-state index in [2.05, 4.69) is 39.4 Å². The molecule has 0 unspecified atom stereocenters. The van der Waals surface area contributed by atoms with Gasteiger partial charge in [0.05, 0.1) is 5.69 Å². The minimum absolute atomic E-state index is 0.0150. The van der Waals surface area contributed by atoms with Gasteiger partial charge in [0, 0.05) is 36.8 Å². The zero-order valence-corrected chi connectivity index (χ0v) is 18.8. The molecule has 1 aromatic heterocycles. The van der Waals surface area contributed by atoms with Gasteiger partial charge < -0.3 is 14.5 Å². The Bertz CT molecular complexity index is 1250. The van der Waals surface area contributed by atoms with Gasteiger partial charge in [-0.05, 0) is 47.2 Å². The molecule has 1 aliphatic rings. The van der Waals surface area contributed by atoms with Crippen LogP contribution < -0.4 is 9.64 Å². The topological polar surface area (TPSA) is 58.6 Å². The average Bonchev–Trinajstić information content (AvgIpc) is 2.88. The molecular formula is C26H23ClN4O2. The normalized spacial score (nSPS) is 13.8. The van der Waals surface area contributed by atoms with Gasteiger partial charge in [-0.1, -0.05) is 54.1 Å². The van der Waals surface area contributed by atoms with Gasteiger partial charge in [0.25, 0.3) is 5.91 Å². The zero-order valence-electron chi connectivity index (χ0n) is 18.0. The lowest BCUT2D eigenvalue weighted by molar-refractivity contribution is -0.133. The van der Waals surface area contributed by atoms with Crippen molar-refractivity contribution in [1.82, 2.24) is 15.1 Å². The van der Waals surface area contributed by atoms with Gasteiger partial charge in [-0.3, -0.25) is 4.79 Å². The number of carbonyl (C=O) groups is 1. The molecule has 1 aliphatic heterocycles. The maximum absolute atomic E-state index is 12.5. The summed E-state index contributed by atoms with van der Waals surface area (Å²) in [6.45, 7) is 2.66. The summed E-state index contributed by atoms with van der Waals surface area (Å²) in [5, 5.41) is 12.0. The number of anilines is 1. The number of aromatic nitrogens is 2. The number of hydrogen-bond donors (Lipinski definition) is 0. The van der Waals surface area contributed by atoms with E-state index >= 15 is 0 Å². The molecule has 2 heterocycles. The van der Waals surface area contributed by atoms with Crippen molar-refractivity contribution in [1.29, 1.82) is 0 Å². The highest BCUT2D eigenvalue weighted by atomic mass is 35.5. The largest absolute Gasteiger partial charge is 0.484 e. The van der Waals surface area contributed by atoms with Gasteiger partial charge in [0.15, 0.2) is 12.4 Å². The van der Waals surface area contributed by atoms with Crippen LogP contribution in [0.3, 0.4) is 0 Å². The van der Waals surface area contributed by atoms with Crippen molar-refractivity contribution in [2.45, 2.75) is 0 Å². The van der Waals surface area contributed by atoms with Crippen molar-refractivity contribution in [3.63, 3.8) is 0 Å². The monoisotopic (exact) mass is 458 g/mol. The van der Waals surface area contributed by atoms with Gasteiger partial charge in [-0.2, -0.15) is 0 Å². The predicted octanol–water partition coefficient (Wildman–Crippen LogP) is 4.68. The molecule has 0 atom stereocenters. The highest BCUT2D eigenvalue weighted by molar-refractivity contribution is 6.30. The molecule has 0 radical (unpaired) electrons. The standard InChI is InChI=1S/C26H23ClN4O2/c27-20-8-10-21(11-9-20)33-18-26(32)31-16-14-30(15-17-31)25-13-12-24(28-29-25)23-7-3-5-19-4-1-2-6-22(19)23/h1-13H,14-18H2. The number of piperazine rings is 1. The van der Waals surface area contributed by atoms with E-state index in [-0.39, 0.29) is 12.5 Å². The van der Waals surface area contributed by atoms with Crippen molar-refractivity contribution in [2.24, 2.45) is 0 Å². The lowest BCUT2D eigenvalue weighted by atomic mass is 10.0. The maximum atomic E-state index is 12.5. The molecular weight excluding hydrogens is 436 g/mol. The van der Waals surface area contributed by atoms with Gasteiger partial charge in [-0.15, -0.1) is 10.2 Å². The van der Waals surface area contributed by atoms with Crippen LogP contribution in [0.15, 0.2) is 78.9 Å². The first kappa shape index (κ1) is 21.2. The highest BCUT2D eigenvalue weighted by Gasteiger charge is 2.22. The zero-order chi connectivity index (χ0) is 22.6. The third-order valence-corrected chi connectivity index (χ3v) is 6.10. The summed E-state index contributed by atoms with van der Waals surface area (Å²) < 4.78 is 5.59. The minimum atomic E-state index is -0.0259. The summed E-state index contributed by atoms with van der Waals surface area (Å²) in [4.78, 5) is 16.5. The number of halogens is 1. The quantitative estimate of drug-likeness (QED) is 0.434. The van der Waals surface area contributed by atoms with Crippen molar-refractivity contribution >= 4 is 34.1 Å². The highest BCUT2D eigenvalue weighted by Crippen LogP contribution is 2.27. The summed E-state index contributed by atoms with van der Waals surface area (Å²) in [6.07, 6.45) is 0. The second kappa shape index (κ2) is 9.46. The van der Waals surface area contributed by atoms with E-state index in [1.807, 2.05) is 35.2 Å². The van der Waals surface area contributed by atoms with E-state index in [4.69, 9.17) is 16.3 Å². The summed E-state index contributed by atoms with van der Waals surface area (Å²) >= 11 is 5.88. The molecule has 4 aromatic rings. The second-order valence-corrected chi connectivity index (χ2v) is 8.35. The lowest BCUT2D eigenvalue weighted by Crippen LogP contribution is -2.50. The Balaban J connectivity index is 1.19. The van der Waals surface area contributed by atoms with Crippen molar-refractivity contribution in [2.75, 3.05) is 37.7 Å². The molecule has 33 heavy (non-hydrogen) atoms. The van der Waals surface area contributed by atoms with Crippen LogP contribution in [0.25, 0.3) is 22.0 Å². The number of ether oxygens (including phenoxy) is 1. The van der Waals surface area contributed by atoms with E-state index in [1.165, 1.54) is 5.39 Å². The first-order valence-corrected chi connectivity index (χ1v) is 11.3. The Hall–Kier alpha value is -3.64. The van der Waals surface area contributed by atoms with Gasteiger partial charge >= 0.3 is 0 Å². The number of fused-ring (bicyclic) bond motifs is 1. The fourth-order valence-corrected chi connectivity index (χ4v) is 4.16. The van der Waals surface area contributed by atoms with E-state index in [0.29, 0.717) is 37.0 Å². The Kier molecular flexibility index (Phi) is 6.09. The summed E-state index contributed by atoms with van der Waals surface area (Å²) in [7, 11) is 0. The first-order valence-electron chi connectivity index (χ1n) is 10.9. The van der Waals surface area contributed by atoms with Crippen LogP contribution in [0.5, 0.6) is 5.75 Å². The Labute approximate surface area is 197 Å². The molecule has 1 fully saturated rings. The number of rotatable bonds is 5. The summed E-state index contributed by atoms with van der Waals surface area (Å²) in [5.41, 5.74) is 1.92. The number of benzene rings is 3. The van der Waals surface area contributed by atoms with Crippen molar-refractivity contribution in [3.05, 3.63) is 83.9 Å². The maximum Gasteiger partial charge on any atom is 0.260 e. The molecule has 1 saturated heterocycles. The number of hydrogen-bond acceptors (Lipinski definition) is 5. The fourth-order valence-electron chi connectivity index (χ4n) is 4.04. The SMILES string of the molecule is O=C(COc1ccc(Cl)cc1)N1CCN(c2ccc(-c3cccc4ccccc34)nn2)CC1. The Morgan fingerprint density at radius 1 is 0.848 bits per heavy atom. The first-order chi connectivity index (χ1) is 16.2. The Morgan fingerprint density at radius 2 is 1.61 bits per heavy atom.